The highest BCUT2D eigenvalue weighted by Crippen LogP contribution is 2.28. The van der Waals surface area contributed by atoms with Crippen molar-refractivity contribution in [3.8, 4) is 0 Å². The molecule has 25 heavy (non-hydrogen) atoms. The number of carbonyl (C=O) groups excluding carboxylic acids is 1. The van der Waals surface area contributed by atoms with Crippen molar-refractivity contribution in [2.24, 2.45) is 0 Å². The summed E-state index contributed by atoms with van der Waals surface area (Å²) in [5.74, 6) is 0. The summed E-state index contributed by atoms with van der Waals surface area (Å²) in [4.78, 5) is 17.2. The van der Waals surface area contributed by atoms with Gasteiger partial charge < -0.3 is 20.3 Å². The predicted molar refractivity (Wildman–Crippen MR) is 98.5 cm³/mol. The third-order valence-electron chi connectivity index (χ3n) is 5.47. The molecule has 0 atom stereocenters. The minimum absolute atomic E-state index is 0.0559. The molecule has 0 aromatic heterocycles. The molecule has 1 aromatic rings. The molecular weight excluding hydrogens is 316 g/mol. The molecule has 2 N–H and O–H groups in total. The number of amides is 2. The van der Waals surface area contributed by atoms with E-state index in [-0.39, 0.29) is 11.6 Å². The lowest BCUT2D eigenvalue weighted by Crippen LogP contribution is -2.63. The molecule has 0 unspecified atom stereocenters. The normalized spacial score (nSPS) is 21.6. The number of ether oxygens (including phenoxy) is 1. The Morgan fingerprint density at radius 1 is 1.08 bits per heavy atom. The summed E-state index contributed by atoms with van der Waals surface area (Å²) in [7, 11) is 2.17. The zero-order valence-electron chi connectivity index (χ0n) is 15.2. The maximum Gasteiger partial charge on any atom is 0.315 e. The first kappa shape index (κ1) is 18.2. The van der Waals surface area contributed by atoms with Gasteiger partial charge in [0.25, 0.3) is 0 Å². The number of morpholine rings is 1. The van der Waals surface area contributed by atoms with Gasteiger partial charge in [0.15, 0.2) is 0 Å². The van der Waals surface area contributed by atoms with Gasteiger partial charge in [-0.1, -0.05) is 30.3 Å². The van der Waals surface area contributed by atoms with Gasteiger partial charge in [0.05, 0.1) is 13.2 Å². The number of urea groups is 1. The van der Waals surface area contributed by atoms with Crippen LogP contribution < -0.4 is 10.6 Å². The highest BCUT2D eigenvalue weighted by molar-refractivity contribution is 5.73. The van der Waals surface area contributed by atoms with E-state index in [2.05, 4.69) is 27.5 Å². The molecule has 0 radical (unpaired) electrons. The molecule has 3 rings (SSSR count). The molecule has 6 heteroatoms. The number of carbonyl (C=O) groups is 1. The largest absolute Gasteiger partial charge is 0.379 e. The Morgan fingerprint density at radius 3 is 2.44 bits per heavy atom. The average Bonchev–Trinajstić information content (AvgIpc) is 2.68. The van der Waals surface area contributed by atoms with Crippen LogP contribution in [0.15, 0.2) is 30.3 Å². The summed E-state index contributed by atoms with van der Waals surface area (Å²) in [5.41, 5.74) is 1.17. The lowest BCUT2D eigenvalue weighted by molar-refractivity contribution is -0.0435. The molecule has 2 aliphatic rings. The number of benzene rings is 1. The summed E-state index contributed by atoms with van der Waals surface area (Å²) in [6.45, 7) is 6.89. The molecule has 2 saturated heterocycles. The summed E-state index contributed by atoms with van der Waals surface area (Å²) < 4.78 is 5.52. The number of hydrogen-bond donors (Lipinski definition) is 2. The Hall–Kier alpha value is -1.63. The van der Waals surface area contributed by atoms with Crippen LogP contribution in [-0.4, -0.2) is 74.4 Å². The van der Waals surface area contributed by atoms with Crippen molar-refractivity contribution in [1.82, 2.24) is 20.4 Å². The van der Waals surface area contributed by atoms with Gasteiger partial charge in [0, 0.05) is 31.7 Å². The number of piperidine rings is 1. The Bertz CT molecular complexity index is 538. The first-order chi connectivity index (χ1) is 12.2. The molecule has 0 saturated carbocycles. The topological polar surface area (TPSA) is 56.8 Å². The molecule has 1 aromatic carbocycles. The maximum absolute atomic E-state index is 12.3. The second-order valence-corrected chi connectivity index (χ2v) is 7.15. The Balaban J connectivity index is 1.53. The van der Waals surface area contributed by atoms with Crippen LogP contribution in [0.25, 0.3) is 0 Å². The lowest BCUT2D eigenvalue weighted by atomic mass is 9.85. The van der Waals surface area contributed by atoms with Crippen molar-refractivity contribution in [1.29, 1.82) is 0 Å². The Kier molecular flexibility index (Phi) is 6.29. The molecule has 2 aliphatic heterocycles. The van der Waals surface area contributed by atoms with E-state index in [1.165, 1.54) is 0 Å². The van der Waals surface area contributed by atoms with E-state index in [1.54, 1.807) is 0 Å². The first-order valence-electron chi connectivity index (χ1n) is 9.25. The number of nitrogens with zero attached hydrogens (tertiary/aromatic N) is 2. The van der Waals surface area contributed by atoms with Gasteiger partial charge in [0.2, 0.25) is 0 Å². The van der Waals surface area contributed by atoms with E-state index >= 15 is 0 Å². The van der Waals surface area contributed by atoms with E-state index in [9.17, 15) is 4.79 Å². The van der Waals surface area contributed by atoms with Crippen LogP contribution in [0.1, 0.15) is 18.4 Å². The van der Waals surface area contributed by atoms with E-state index in [0.717, 1.165) is 57.8 Å². The van der Waals surface area contributed by atoms with Gasteiger partial charge in [-0.3, -0.25) is 4.90 Å². The van der Waals surface area contributed by atoms with Gasteiger partial charge in [-0.2, -0.15) is 0 Å². The van der Waals surface area contributed by atoms with Crippen LogP contribution in [0.3, 0.4) is 0 Å². The SMILES string of the molecule is CN1CCC(CNC(=O)NCc2ccccc2)(N2CCOCC2)CC1. The summed E-state index contributed by atoms with van der Waals surface area (Å²) in [6, 6.07) is 9.91. The van der Waals surface area contributed by atoms with Crippen LogP contribution in [0, 0.1) is 0 Å². The lowest BCUT2D eigenvalue weighted by Gasteiger charge is -2.49. The van der Waals surface area contributed by atoms with Crippen molar-refractivity contribution in [3.05, 3.63) is 35.9 Å². The number of nitrogens with one attached hydrogen (secondary N) is 2. The van der Waals surface area contributed by atoms with E-state index in [0.29, 0.717) is 13.1 Å². The Morgan fingerprint density at radius 2 is 1.76 bits per heavy atom. The van der Waals surface area contributed by atoms with Crippen molar-refractivity contribution < 1.29 is 9.53 Å². The molecule has 0 aliphatic carbocycles. The smallest absolute Gasteiger partial charge is 0.315 e. The van der Waals surface area contributed by atoms with Crippen LogP contribution >= 0.6 is 0 Å². The van der Waals surface area contributed by atoms with Crippen LogP contribution in [0.5, 0.6) is 0 Å². The molecule has 2 amide bonds. The first-order valence-corrected chi connectivity index (χ1v) is 9.25. The third kappa shape index (κ3) is 4.93. The summed E-state index contributed by atoms with van der Waals surface area (Å²) in [6.07, 6.45) is 2.17. The molecular formula is C19H30N4O2. The standard InChI is InChI=1S/C19H30N4O2/c1-22-9-7-19(8-10-22,23-11-13-25-14-12-23)16-21-18(24)20-15-17-5-3-2-4-6-17/h2-6H,7-16H2,1H3,(H2,20,21,24). The molecule has 0 bridgehead atoms. The number of likely N-dealkylation sites (tertiary alicyclic amines) is 1. The number of rotatable bonds is 5. The zero-order valence-corrected chi connectivity index (χ0v) is 15.2. The monoisotopic (exact) mass is 346 g/mol. The highest BCUT2D eigenvalue weighted by atomic mass is 16.5. The Labute approximate surface area is 150 Å². The highest BCUT2D eigenvalue weighted by Gasteiger charge is 2.40. The van der Waals surface area contributed by atoms with Gasteiger partial charge in [0.1, 0.15) is 0 Å². The molecule has 2 fully saturated rings. The van der Waals surface area contributed by atoms with Crippen molar-refractivity contribution >= 4 is 6.03 Å². The fourth-order valence-corrected chi connectivity index (χ4v) is 3.76. The maximum atomic E-state index is 12.3. The zero-order chi connectivity index (χ0) is 17.5. The van der Waals surface area contributed by atoms with Gasteiger partial charge in [-0.15, -0.1) is 0 Å². The molecule has 2 heterocycles. The minimum atomic E-state index is -0.0876. The molecule has 6 nitrogen and oxygen atoms in total. The van der Waals surface area contributed by atoms with Crippen molar-refractivity contribution in [2.75, 3.05) is 53.0 Å². The van der Waals surface area contributed by atoms with Gasteiger partial charge in [-0.05, 0) is 38.5 Å². The second-order valence-electron chi connectivity index (χ2n) is 7.15. The fraction of sp³-hybridized carbons (Fsp3) is 0.632. The van der Waals surface area contributed by atoms with Crippen LogP contribution in [0.4, 0.5) is 4.79 Å². The third-order valence-corrected chi connectivity index (χ3v) is 5.47. The quantitative estimate of drug-likeness (QED) is 0.843. The van der Waals surface area contributed by atoms with Gasteiger partial charge >= 0.3 is 6.03 Å². The van der Waals surface area contributed by atoms with E-state index in [1.807, 2.05) is 30.3 Å². The van der Waals surface area contributed by atoms with Crippen molar-refractivity contribution in [2.45, 2.75) is 24.9 Å². The minimum Gasteiger partial charge on any atom is -0.379 e. The van der Waals surface area contributed by atoms with Gasteiger partial charge in [-0.25, -0.2) is 4.79 Å². The fourth-order valence-electron chi connectivity index (χ4n) is 3.76. The summed E-state index contributed by atoms with van der Waals surface area (Å²) >= 11 is 0. The van der Waals surface area contributed by atoms with E-state index < -0.39 is 0 Å². The molecule has 138 valence electrons. The second kappa shape index (κ2) is 8.65. The van der Waals surface area contributed by atoms with Crippen LogP contribution in [-0.2, 0) is 11.3 Å². The van der Waals surface area contributed by atoms with Crippen molar-refractivity contribution in [3.63, 3.8) is 0 Å². The van der Waals surface area contributed by atoms with Crippen LogP contribution in [0.2, 0.25) is 0 Å². The molecule has 0 spiro atoms. The average molecular weight is 346 g/mol. The summed E-state index contributed by atoms with van der Waals surface area (Å²) in [5, 5.41) is 6.09. The van der Waals surface area contributed by atoms with E-state index in [4.69, 9.17) is 4.74 Å². The number of hydrogen-bond acceptors (Lipinski definition) is 4. The predicted octanol–water partition coefficient (Wildman–Crippen LogP) is 1.28.